The molecular weight excluding hydrogens is 391 g/mol. The van der Waals surface area contributed by atoms with E-state index >= 15 is 0 Å². The van der Waals surface area contributed by atoms with Gasteiger partial charge in [-0.15, -0.1) is 0 Å². The van der Waals surface area contributed by atoms with Crippen molar-refractivity contribution >= 4 is 34.5 Å². The van der Waals surface area contributed by atoms with Crippen molar-refractivity contribution < 1.29 is 28.5 Å². The van der Waals surface area contributed by atoms with Gasteiger partial charge in [0.05, 0.1) is 0 Å². The molecule has 1 saturated heterocycles. The van der Waals surface area contributed by atoms with E-state index in [1.54, 1.807) is 20.8 Å². The van der Waals surface area contributed by atoms with Gasteiger partial charge in [0.1, 0.15) is 11.7 Å². The summed E-state index contributed by atoms with van der Waals surface area (Å²) in [6.07, 6.45) is 0.0204. The minimum absolute atomic E-state index is 0.379. The Morgan fingerprint density at radius 3 is 2.29 bits per heavy atom. The quantitative estimate of drug-likeness (QED) is 0.513. The number of esters is 2. The lowest BCUT2D eigenvalue weighted by Crippen LogP contribution is -2.58. The molecule has 0 N–H and O–H groups in total. The fourth-order valence-electron chi connectivity index (χ4n) is 2.79. The molecule has 2 aliphatic rings. The van der Waals surface area contributed by atoms with Crippen LogP contribution < -0.4 is 0 Å². The lowest BCUT2D eigenvalue weighted by atomic mass is 9.83. The minimum Gasteiger partial charge on any atom is -0.455 e. The Balaban J connectivity index is 2.42. The van der Waals surface area contributed by atoms with Crippen LogP contribution in [0.4, 0.5) is 0 Å². The SMILES string of the molecule is CC(=O)O[C@@H]1[C@@H](OC(C)=O)C(I)=C[C@H]2OC(C)(C)O[C@@]12C. The van der Waals surface area contributed by atoms with Gasteiger partial charge in [0, 0.05) is 17.4 Å². The van der Waals surface area contributed by atoms with Crippen molar-refractivity contribution in [2.75, 3.05) is 0 Å². The first kappa shape index (κ1) is 16.7. The van der Waals surface area contributed by atoms with E-state index in [0.717, 1.165) is 3.58 Å². The van der Waals surface area contributed by atoms with Crippen LogP contribution in [0, 0.1) is 0 Å². The Morgan fingerprint density at radius 2 is 1.76 bits per heavy atom. The average molecular weight is 410 g/mol. The maximum Gasteiger partial charge on any atom is 0.303 e. The van der Waals surface area contributed by atoms with Crippen LogP contribution in [-0.4, -0.2) is 41.6 Å². The summed E-state index contributed by atoms with van der Waals surface area (Å²) in [6, 6.07) is 0. The summed E-state index contributed by atoms with van der Waals surface area (Å²) in [6.45, 7) is 8.02. The normalized spacial score (nSPS) is 37.4. The molecule has 0 bridgehead atoms. The molecule has 6 nitrogen and oxygen atoms in total. The minimum atomic E-state index is -0.913. The topological polar surface area (TPSA) is 71.1 Å². The predicted molar refractivity (Wildman–Crippen MR) is 81.7 cm³/mol. The van der Waals surface area contributed by atoms with Crippen LogP contribution >= 0.6 is 22.6 Å². The molecule has 0 saturated carbocycles. The second-order valence-corrected chi connectivity index (χ2v) is 7.08. The van der Waals surface area contributed by atoms with Crippen molar-refractivity contribution in [1.82, 2.24) is 0 Å². The van der Waals surface area contributed by atoms with Crippen LogP contribution in [0.3, 0.4) is 0 Å². The average Bonchev–Trinajstić information content (AvgIpc) is 2.52. The molecule has 1 heterocycles. The Hall–Kier alpha value is -0.670. The highest BCUT2D eigenvalue weighted by atomic mass is 127. The molecule has 0 aromatic heterocycles. The highest BCUT2D eigenvalue weighted by Crippen LogP contribution is 2.47. The third-order valence-corrected chi connectivity index (χ3v) is 4.42. The number of halogens is 1. The summed E-state index contributed by atoms with van der Waals surface area (Å²) in [5.74, 6) is -1.72. The molecule has 0 amide bonds. The second kappa shape index (κ2) is 5.51. The summed E-state index contributed by atoms with van der Waals surface area (Å²) in [7, 11) is 0. The fourth-order valence-corrected chi connectivity index (χ4v) is 3.57. The van der Waals surface area contributed by atoms with E-state index in [1.165, 1.54) is 13.8 Å². The van der Waals surface area contributed by atoms with Gasteiger partial charge in [0.25, 0.3) is 0 Å². The summed E-state index contributed by atoms with van der Waals surface area (Å²) < 4.78 is 23.3. The molecule has 0 aromatic rings. The first-order valence-electron chi connectivity index (χ1n) is 6.65. The van der Waals surface area contributed by atoms with Crippen molar-refractivity contribution in [2.45, 2.75) is 64.3 Å². The van der Waals surface area contributed by atoms with Gasteiger partial charge in [-0.3, -0.25) is 9.59 Å². The lowest BCUT2D eigenvalue weighted by Gasteiger charge is -2.42. The van der Waals surface area contributed by atoms with Gasteiger partial charge in [-0.1, -0.05) is 0 Å². The molecule has 0 unspecified atom stereocenters. The van der Waals surface area contributed by atoms with Crippen molar-refractivity contribution in [3.8, 4) is 0 Å². The van der Waals surface area contributed by atoms with Gasteiger partial charge in [-0.2, -0.15) is 0 Å². The van der Waals surface area contributed by atoms with E-state index in [0.29, 0.717) is 0 Å². The first-order valence-corrected chi connectivity index (χ1v) is 7.73. The lowest BCUT2D eigenvalue weighted by molar-refractivity contribution is -0.207. The number of hydrogen-bond donors (Lipinski definition) is 0. The highest BCUT2D eigenvalue weighted by Gasteiger charge is 2.61. The Kier molecular flexibility index (Phi) is 4.38. The zero-order chi connectivity index (χ0) is 16.0. The number of carbonyl (C=O) groups excluding carboxylic acids is 2. The summed E-state index contributed by atoms with van der Waals surface area (Å²) in [5.41, 5.74) is -0.913. The van der Waals surface area contributed by atoms with E-state index < -0.39 is 35.5 Å². The number of ether oxygens (including phenoxy) is 4. The molecule has 7 heteroatoms. The first-order chi connectivity index (χ1) is 9.55. The van der Waals surface area contributed by atoms with Gasteiger partial charge in [0.2, 0.25) is 0 Å². The standard InChI is InChI=1S/C14H19IO6/c1-7(16)18-11-9(15)6-10-14(5,12(11)19-8(2)17)21-13(3,4)20-10/h6,10-12H,1-5H3/t10-,11+,12-,14-/m1/s1. The summed E-state index contributed by atoms with van der Waals surface area (Å²) in [5, 5.41) is 0. The van der Waals surface area contributed by atoms with E-state index in [2.05, 4.69) is 22.6 Å². The molecule has 0 aromatic carbocycles. The van der Waals surface area contributed by atoms with Crippen LogP contribution in [-0.2, 0) is 28.5 Å². The van der Waals surface area contributed by atoms with Crippen molar-refractivity contribution in [3.63, 3.8) is 0 Å². The third kappa shape index (κ3) is 3.24. The molecule has 2 rings (SSSR count). The third-order valence-electron chi connectivity index (χ3n) is 3.45. The smallest absolute Gasteiger partial charge is 0.303 e. The highest BCUT2D eigenvalue weighted by molar-refractivity contribution is 14.1. The van der Waals surface area contributed by atoms with E-state index in [1.807, 2.05) is 6.08 Å². The van der Waals surface area contributed by atoms with Crippen LogP contribution in [0.1, 0.15) is 34.6 Å². The Morgan fingerprint density at radius 1 is 1.19 bits per heavy atom. The molecule has 4 atom stereocenters. The van der Waals surface area contributed by atoms with Gasteiger partial charge >= 0.3 is 11.9 Å². The molecule has 1 aliphatic carbocycles. The van der Waals surface area contributed by atoms with Crippen LogP contribution in [0.15, 0.2) is 9.66 Å². The second-order valence-electron chi connectivity index (χ2n) is 5.84. The zero-order valence-electron chi connectivity index (χ0n) is 12.6. The predicted octanol–water partition coefficient (Wildman–Crippen LogP) is 2.09. The van der Waals surface area contributed by atoms with Crippen LogP contribution in [0.2, 0.25) is 0 Å². The zero-order valence-corrected chi connectivity index (χ0v) is 14.8. The van der Waals surface area contributed by atoms with E-state index in [9.17, 15) is 9.59 Å². The summed E-state index contributed by atoms with van der Waals surface area (Å²) >= 11 is 2.07. The Bertz CT molecular complexity index is 500. The Labute approximate surface area is 137 Å². The number of carbonyl (C=O) groups is 2. The van der Waals surface area contributed by atoms with Crippen molar-refractivity contribution in [1.29, 1.82) is 0 Å². The van der Waals surface area contributed by atoms with Gasteiger partial charge in [-0.05, 0) is 49.4 Å². The maximum absolute atomic E-state index is 11.5. The largest absolute Gasteiger partial charge is 0.455 e. The molecule has 21 heavy (non-hydrogen) atoms. The van der Waals surface area contributed by atoms with Gasteiger partial charge in [0.15, 0.2) is 18.0 Å². The van der Waals surface area contributed by atoms with Crippen LogP contribution in [0.25, 0.3) is 0 Å². The van der Waals surface area contributed by atoms with Gasteiger partial charge in [-0.25, -0.2) is 0 Å². The van der Waals surface area contributed by atoms with Crippen molar-refractivity contribution in [3.05, 3.63) is 9.66 Å². The van der Waals surface area contributed by atoms with Crippen LogP contribution in [0.5, 0.6) is 0 Å². The molecule has 0 spiro atoms. The molecule has 1 aliphatic heterocycles. The fraction of sp³-hybridized carbons (Fsp3) is 0.714. The molecular formula is C14H19IO6. The van der Waals surface area contributed by atoms with E-state index in [4.69, 9.17) is 18.9 Å². The maximum atomic E-state index is 11.5. The monoisotopic (exact) mass is 410 g/mol. The number of rotatable bonds is 2. The molecule has 118 valence electrons. The number of hydrogen-bond acceptors (Lipinski definition) is 6. The molecule has 1 fully saturated rings. The number of fused-ring (bicyclic) bond motifs is 1. The van der Waals surface area contributed by atoms with Crippen molar-refractivity contribution in [2.24, 2.45) is 0 Å². The summed E-state index contributed by atoms with van der Waals surface area (Å²) in [4.78, 5) is 22.8. The van der Waals surface area contributed by atoms with E-state index in [-0.39, 0.29) is 6.10 Å². The van der Waals surface area contributed by atoms with Gasteiger partial charge < -0.3 is 18.9 Å². The molecule has 0 radical (unpaired) electrons.